The summed E-state index contributed by atoms with van der Waals surface area (Å²) in [4.78, 5) is 33.0. The first-order valence-corrected chi connectivity index (χ1v) is 11.7. The van der Waals surface area contributed by atoms with Gasteiger partial charge in [-0.1, -0.05) is 31.0 Å². The van der Waals surface area contributed by atoms with Crippen LogP contribution in [0.5, 0.6) is 0 Å². The lowest BCUT2D eigenvalue weighted by Crippen LogP contribution is -2.49. The second-order valence-corrected chi connectivity index (χ2v) is 9.42. The van der Waals surface area contributed by atoms with Gasteiger partial charge in [0, 0.05) is 28.5 Å². The van der Waals surface area contributed by atoms with Crippen molar-refractivity contribution in [3.05, 3.63) is 70.6 Å². The molecular formula is C24H25BrN4O2. The molecule has 6 nitrogen and oxygen atoms in total. The Morgan fingerprint density at radius 3 is 2.71 bits per heavy atom. The van der Waals surface area contributed by atoms with Gasteiger partial charge in [0.1, 0.15) is 11.7 Å². The number of hydrogen-bond donors (Lipinski definition) is 1. The Morgan fingerprint density at radius 1 is 1.06 bits per heavy atom. The minimum absolute atomic E-state index is 0.0345. The topological polar surface area (TPSA) is 66.7 Å². The van der Waals surface area contributed by atoms with E-state index >= 15 is 0 Å². The van der Waals surface area contributed by atoms with Crippen molar-refractivity contribution in [1.82, 2.24) is 19.6 Å². The van der Waals surface area contributed by atoms with Crippen molar-refractivity contribution in [3.63, 3.8) is 0 Å². The Kier molecular flexibility index (Phi) is 5.52. The molecule has 2 amide bonds. The molecular weight excluding hydrogens is 456 g/mol. The molecule has 3 atom stereocenters. The zero-order chi connectivity index (χ0) is 21.4. The summed E-state index contributed by atoms with van der Waals surface area (Å²) in [6.45, 7) is 0.345. The van der Waals surface area contributed by atoms with Gasteiger partial charge in [-0.3, -0.25) is 9.59 Å². The van der Waals surface area contributed by atoms with E-state index in [1.807, 2.05) is 64.2 Å². The maximum absolute atomic E-state index is 13.4. The molecule has 0 radical (unpaired) electrons. The maximum atomic E-state index is 13.4. The van der Waals surface area contributed by atoms with Gasteiger partial charge in [-0.25, -0.2) is 4.98 Å². The first-order valence-electron chi connectivity index (χ1n) is 10.9. The van der Waals surface area contributed by atoms with Crippen LogP contribution >= 0.6 is 15.9 Å². The van der Waals surface area contributed by atoms with Crippen molar-refractivity contribution in [3.8, 4) is 0 Å². The number of halogens is 1. The molecule has 5 rings (SSSR count). The second-order valence-electron chi connectivity index (χ2n) is 8.50. The lowest BCUT2D eigenvalue weighted by molar-refractivity contribution is -0.125. The highest BCUT2D eigenvalue weighted by Gasteiger charge is 2.47. The van der Waals surface area contributed by atoms with Gasteiger partial charge in [0.2, 0.25) is 5.91 Å². The van der Waals surface area contributed by atoms with Crippen LogP contribution in [-0.2, 0) is 11.3 Å². The van der Waals surface area contributed by atoms with E-state index in [4.69, 9.17) is 0 Å². The van der Waals surface area contributed by atoms with Crippen LogP contribution in [0.3, 0.4) is 0 Å². The molecule has 1 saturated heterocycles. The maximum Gasteiger partial charge on any atom is 0.254 e. The number of benzene rings is 1. The van der Waals surface area contributed by atoms with Crippen LogP contribution in [0.15, 0.2) is 59.3 Å². The van der Waals surface area contributed by atoms with E-state index in [2.05, 4.69) is 26.2 Å². The van der Waals surface area contributed by atoms with Gasteiger partial charge < -0.3 is 14.6 Å². The molecule has 2 aliphatic rings. The molecule has 31 heavy (non-hydrogen) atoms. The fourth-order valence-corrected chi connectivity index (χ4v) is 5.47. The number of hydrogen-bond acceptors (Lipinski definition) is 3. The SMILES string of the molecule is O=C(NCc1cn2cc(Br)ccc2n1)C1CC2CCCCC2N1C(=O)c1ccccc1. The van der Waals surface area contributed by atoms with Crippen LogP contribution in [-0.4, -0.2) is 38.2 Å². The number of carbonyl (C=O) groups excluding carboxylic acids is 2. The monoisotopic (exact) mass is 480 g/mol. The smallest absolute Gasteiger partial charge is 0.254 e. The van der Waals surface area contributed by atoms with E-state index in [1.165, 1.54) is 6.42 Å². The Hall–Kier alpha value is -2.67. The average molecular weight is 481 g/mol. The summed E-state index contributed by atoms with van der Waals surface area (Å²) in [6.07, 6.45) is 8.97. The molecule has 1 aliphatic carbocycles. The first-order chi connectivity index (χ1) is 15.1. The molecule has 7 heteroatoms. The quantitative estimate of drug-likeness (QED) is 0.608. The van der Waals surface area contributed by atoms with E-state index in [0.717, 1.165) is 41.5 Å². The number of nitrogens with one attached hydrogen (secondary N) is 1. The van der Waals surface area contributed by atoms with E-state index in [1.54, 1.807) is 0 Å². The van der Waals surface area contributed by atoms with Crippen LogP contribution < -0.4 is 5.32 Å². The minimum Gasteiger partial charge on any atom is -0.349 e. The Balaban J connectivity index is 1.34. The molecule has 3 aromatic rings. The molecule has 2 fully saturated rings. The summed E-state index contributed by atoms with van der Waals surface area (Å²) in [5.41, 5.74) is 2.28. The molecule has 3 unspecified atom stereocenters. The number of fused-ring (bicyclic) bond motifs is 2. The lowest BCUT2D eigenvalue weighted by Gasteiger charge is -2.33. The second kappa shape index (κ2) is 8.46. The highest BCUT2D eigenvalue weighted by Crippen LogP contribution is 2.40. The fraction of sp³-hybridized carbons (Fsp3) is 0.375. The van der Waals surface area contributed by atoms with E-state index in [-0.39, 0.29) is 17.9 Å². The molecule has 3 heterocycles. The lowest BCUT2D eigenvalue weighted by atomic mass is 9.84. The van der Waals surface area contributed by atoms with Gasteiger partial charge in [0.15, 0.2) is 0 Å². The predicted molar refractivity (Wildman–Crippen MR) is 122 cm³/mol. The van der Waals surface area contributed by atoms with Gasteiger partial charge in [-0.05, 0) is 65.4 Å². The molecule has 1 saturated carbocycles. The number of rotatable bonds is 4. The first kappa shape index (κ1) is 20.2. The Labute approximate surface area is 189 Å². The van der Waals surface area contributed by atoms with E-state index in [0.29, 0.717) is 18.0 Å². The van der Waals surface area contributed by atoms with Crippen LogP contribution in [0.2, 0.25) is 0 Å². The van der Waals surface area contributed by atoms with Crippen molar-refractivity contribution in [2.24, 2.45) is 5.92 Å². The highest BCUT2D eigenvalue weighted by molar-refractivity contribution is 9.10. The molecule has 2 aromatic heterocycles. The normalized spacial score (nSPS) is 23.0. The summed E-state index contributed by atoms with van der Waals surface area (Å²) in [7, 11) is 0. The van der Waals surface area contributed by atoms with E-state index < -0.39 is 6.04 Å². The van der Waals surface area contributed by atoms with Gasteiger partial charge in [0.25, 0.3) is 5.91 Å². The molecule has 0 bridgehead atoms. The summed E-state index contributed by atoms with van der Waals surface area (Å²) in [5, 5.41) is 3.04. The molecule has 1 aliphatic heterocycles. The molecule has 160 valence electrons. The summed E-state index contributed by atoms with van der Waals surface area (Å²) >= 11 is 3.46. The largest absolute Gasteiger partial charge is 0.349 e. The number of imidazole rings is 1. The third-order valence-corrected chi connectivity index (χ3v) is 7.02. The number of amides is 2. The summed E-state index contributed by atoms with van der Waals surface area (Å²) in [5.74, 6) is 0.286. The third-order valence-electron chi connectivity index (χ3n) is 6.55. The van der Waals surface area contributed by atoms with Crippen LogP contribution in [0.4, 0.5) is 0 Å². The van der Waals surface area contributed by atoms with Crippen LogP contribution in [0.25, 0.3) is 5.65 Å². The number of nitrogens with zero attached hydrogens (tertiary/aromatic N) is 3. The van der Waals surface area contributed by atoms with Crippen LogP contribution in [0, 0.1) is 5.92 Å². The van der Waals surface area contributed by atoms with Crippen LogP contribution in [0.1, 0.15) is 48.2 Å². The Morgan fingerprint density at radius 2 is 1.87 bits per heavy atom. The molecule has 0 spiro atoms. The number of aromatic nitrogens is 2. The van der Waals surface area contributed by atoms with Crippen molar-refractivity contribution in [2.45, 2.75) is 50.7 Å². The number of carbonyl (C=O) groups is 2. The summed E-state index contributed by atoms with van der Waals surface area (Å²) in [6, 6.07) is 12.9. The Bertz CT molecular complexity index is 1110. The van der Waals surface area contributed by atoms with Gasteiger partial charge in [-0.15, -0.1) is 0 Å². The minimum atomic E-state index is -0.424. The van der Waals surface area contributed by atoms with Crippen molar-refractivity contribution >= 4 is 33.4 Å². The summed E-state index contributed by atoms with van der Waals surface area (Å²) < 4.78 is 2.90. The molecule has 1 aromatic carbocycles. The van der Waals surface area contributed by atoms with Crippen molar-refractivity contribution < 1.29 is 9.59 Å². The predicted octanol–water partition coefficient (Wildman–Crippen LogP) is 4.19. The van der Waals surface area contributed by atoms with E-state index in [9.17, 15) is 9.59 Å². The van der Waals surface area contributed by atoms with Gasteiger partial charge in [-0.2, -0.15) is 0 Å². The fourth-order valence-electron chi connectivity index (χ4n) is 5.11. The average Bonchev–Trinajstić information content (AvgIpc) is 3.38. The van der Waals surface area contributed by atoms with Crippen molar-refractivity contribution in [2.75, 3.05) is 0 Å². The third kappa shape index (κ3) is 3.99. The number of pyridine rings is 1. The van der Waals surface area contributed by atoms with Gasteiger partial charge in [0.05, 0.1) is 12.2 Å². The van der Waals surface area contributed by atoms with Gasteiger partial charge >= 0.3 is 0 Å². The van der Waals surface area contributed by atoms with Crippen molar-refractivity contribution in [1.29, 1.82) is 0 Å². The highest BCUT2D eigenvalue weighted by atomic mass is 79.9. The molecule has 1 N–H and O–H groups in total. The zero-order valence-electron chi connectivity index (χ0n) is 17.2. The number of likely N-dealkylation sites (tertiary alicyclic amines) is 1. The zero-order valence-corrected chi connectivity index (χ0v) is 18.8. The standard InChI is InChI=1S/C24H25BrN4O2/c25-18-10-11-22-27-19(15-28(22)14-18)13-26-23(30)21-12-17-8-4-5-9-20(17)29(21)24(31)16-6-2-1-3-7-16/h1-3,6-7,10-11,14-15,17,20-21H,4-5,8-9,12-13H2,(H,26,30).